The first-order valence-corrected chi connectivity index (χ1v) is 9.92. The molecule has 0 N–H and O–H groups in total. The molecule has 0 bridgehead atoms. The van der Waals surface area contributed by atoms with Gasteiger partial charge in [-0.1, -0.05) is 45.8 Å². The second kappa shape index (κ2) is 5.59. The first-order chi connectivity index (χ1) is 11.7. The molecule has 5 rings (SSSR count). The van der Waals surface area contributed by atoms with Crippen LogP contribution in [0.5, 0.6) is 0 Å². The van der Waals surface area contributed by atoms with E-state index >= 15 is 0 Å². The molecule has 2 saturated carbocycles. The Morgan fingerprint density at radius 2 is 1.96 bits per heavy atom. The van der Waals surface area contributed by atoms with Crippen molar-refractivity contribution in [1.82, 2.24) is 0 Å². The average Bonchev–Trinajstić information content (AvgIpc) is 2.95. The lowest BCUT2D eigenvalue weighted by molar-refractivity contribution is -0.126. The van der Waals surface area contributed by atoms with Gasteiger partial charge in [0, 0.05) is 33.9 Å². The number of benzene rings is 1. The van der Waals surface area contributed by atoms with Crippen molar-refractivity contribution in [2.75, 3.05) is 0 Å². The van der Waals surface area contributed by atoms with E-state index < -0.39 is 0 Å². The third-order valence-corrected chi connectivity index (χ3v) is 6.99. The van der Waals surface area contributed by atoms with E-state index in [1.54, 1.807) is 0 Å². The first kappa shape index (κ1) is 14.9. The molecule has 0 spiro atoms. The first-order valence-electron chi connectivity index (χ1n) is 9.13. The maximum atomic E-state index is 12.6. The molecule has 3 aliphatic carbocycles. The van der Waals surface area contributed by atoms with Crippen LogP contribution in [0.4, 0.5) is 0 Å². The molecular weight excluding hydrogens is 364 g/mol. The number of hydrogen-bond acceptors (Lipinski definition) is 2. The number of fused-ring (bicyclic) bond motifs is 2. The highest BCUT2D eigenvalue weighted by atomic mass is 79.9. The summed E-state index contributed by atoms with van der Waals surface area (Å²) in [6.07, 6.45) is 8.92. The van der Waals surface area contributed by atoms with Gasteiger partial charge < -0.3 is 4.74 Å². The van der Waals surface area contributed by atoms with Crippen molar-refractivity contribution in [3.63, 3.8) is 0 Å². The van der Waals surface area contributed by atoms with E-state index in [4.69, 9.17) is 4.74 Å². The summed E-state index contributed by atoms with van der Waals surface area (Å²) in [4.78, 5) is 12.6. The minimum Gasteiger partial charge on any atom is -0.489 e. The summed E-state index contributed by atoms with van der Waals surface area (Å²) in [7, 11) is 0. The molecule has 4 atom stereocenters. The Morgan fingerprint density at radius 1 is 1.08 bits per heavy atom. The fourth-order valence-electron chi connectivity index (χ4n) is 5.38. The Morgan fingerprint density at radius 3 is 2.83 bits per heavy atom. The summed E-state index contributed by atoms with van der Waals surface area (Å²) >= 11 is 3.68. The van der Waals surface area contributed by atoms with E-state index in [0.717, 1.165) is 41.5 Å². The van der Waals surface area contributed by atoms with E-state index in [2.05, 4.69) is 40.2 Å². The SMILES string of the molecule is O=C1CCCC2=CC3=C(c4ccccc4Br)O[C@H]4CCC[C@@H]([C@H]12)[C@@H]34. The van der Waals surface area contributed by atoms with Crippen LogP contribution >= 0.6 is 15.9 Å². The molecule has 2 fully saturated rings. The van der Waals surface area contributed by atoms with Gasteiger partial charge in [0.2, 0.25) is 0 Å². The molecule has 24 heavy (non-hydrogen) atoms. The minimum absolute atomic E-state index is 0.178. The van der Waals surface area contributed by atoms with Crippen LogP contribution in [0.25, 0.3) is 5.76 Å². The normalized spacial score (nSPS) is 34.4. The quantitative estimate of drug-likeness (QED) is 0.657. The molecule has 3 heteroatoms. The Labute approximate surface area is 151 Å². The van der Waals surface area contributed by atoms with E-state index in [1.165, 1.54) is 24.0 Å². The second-order valence-corrected chi connectivity index (χ2v) is 8.41. The number of Topliss-reactive ketones (excluding diaryl/α,β-unsaturated/α-hetero) is 1. The predicted molar refractivity (Wildman–Crippen MR) is 97.2 cm³/mol. The Bertz CT molecular complexity index is 776. The minimum atomic E-state index is 0.178. The smallest absolute Gasteiger partial charge is 0.140 e. The van der Waals surface area contributed by atoms with Crippen molar-refractivity contribution >= 4 is 27.5 Å². The van der Waals surface area contributed by atoms with Crippen molar-refractivity contribution < 1.29 is 9.53 Å². The van der Waals surface area contributed by atoms with Gasteiger partial charge in [-0.2, -0.15) is 0 Å². The maximum Gasteiger partial charge on any atom is 0.140 e. The number of allylic oxidation sites excluding steroid dienone is 2. The van der Waals surface area contributed by atoms with Gasteiger partial charge in [0.1, 0.15) is 17.6 Å². The number of hydrogen-bond donors (Lipinski definition) is 0. The van der Waals surface area contributed by atoms with Crippen LogP contribution in [0.1, 0.15) is 44.1 Å². The number of carbonyl (C=O) groups excluding carboxylic acids is 1. The number of carbonyl (C=O) groups is 1. The van der Waals surface area contributed by atoms with Crippen molar-refractivity contribution in [2.24, 2.45) is 17.8 Å². The van der Waals surface area contributed by atoms with E-state index in [-0.39, 0.29) is 12.0 Å². The van der Waals surface area contributed by atoms with Gasteiger partial charge in [-0.25, -0.2) is 0 Å². The van der Waals surface area contributed by atoms with Gasteiger partial charge >= 0.3 is 0 Å². The molecule has 124 valence electrons. The van der Waals surface area contributed by atoms with Gasteiger partial charge in [0.15, 0.2) is 0 Å². The monoisotopic (exact) mass is 384 g/mol. The van der Waals surface area contributed by atoms with Crippen LogP contribution < -0.4 is 0 Å². The molecule has 0 aromatic heterocycles. The summed E-state index contributed by atoms with van der Waals surface area (Å²) in [6.45, 7) is 0. The predicted octanol–water partition coefficient (Wildman–Crippen LogP) is 5.28. The molecular formula is C21H21BrO2. The second-order valence-electron chi connectivity index (χ2n) is 7.56. The van der Waals surface area contributed by atoms with Crippen LogP contribution in [0.2, 0.25) is 0 Å². The summed E-state index contributed by atoms with van der Waals surface area (Å²) < 4.78 is 7.57. The van der Waals surface area contributed by atoms with Crippen molar-refractivity contribution in [1.29, 1.82) is 0 Å². The lowest BCUT2D eigenvalue weighted by atomic mass is 9.59. The molecule has 1 aromatic carbocycles. The number of ether oxygens (including phenoxy) is 1. The maximum absolute atomic E-state index is 12.6. The highest BCUT2D eigenvalue weighted by molar-refractivity contribution is 9.10. The fourth-order valence-corrected chi connectivity index (χ4v) is 5.85. The fraction of sp³-hybridized carbons (Fsp3) is 0.476. The molecule has 0 radical (unpaired) electrons. The Kier molecular flexibility index (Phi) is 3.48. The number of rotatable bonds is 1. The third kappa shape index (κ3) is 2.10. The highest BCUT2D eigenvalue weighted by Crippen LogP contribution is 2.56. The zero-order chi connectivity index (χ0) is 16.3. The molecule has 4 aliphatic rings. The molecule has 0 unspecified atom stereocenters. The highest BCUT2D eigenvalue weighted by Gasteiger charge is 2.51. The number of halogens is 1. The molecule has 1 aromatic rings. The summed E-state index contributed by atoms with van der Waals surface area (Å²) in [5.41, 5.74) is 3.88. The van der Waals surface area contributed by atoms with Crippen molar-refractivity contribution in [3.05, 3.63) is 51.5 Å². The third-order valence-electron chi connectivity index (χ3n) is 6.30. The van der Waals surface area contributed by atoms with Gasteiger partial charge in [-0.15, -0.1) is 0 Å². The zero-order valence-electron chi connectivity index (χ0n) is 13.6. The topological polar surface area (TPSA) is 26.3 Å². The Hall–Kier alpha value is -1.35. The van der Waals surface area contributed by atoms with Gasteiger partial charge in [-0.05, 0) is 44.1 Å². The summed E-state index contributed by atoms with van der Waals surface area (Å²) in [5, 5.41) is 0. The van der Waals surface area contributed by atoms with E-state index in [0.29, 0.717) is 17.6 Å². The van der Waals surface area contributed by atoms with Crippen LogP contribution in [0, 0.1) is 17.8 Å². The standard InChI is InChI=1S/C21H21BrO2/c22-16-8-2-1-6-13(16)21-15-11-12-5-3-9-17(23)19(12)14-7-4-10-18(24-21)20(14)15/h1-2,6,8,11,14,18-20H,3-5,7,9-10H2/t14-,18-,19+,20-/m0/s1. The molecule has 0 amide bonds. The van der Waals surface area contributed by atoms with Gasteiger partial charge in [-0.3, -0.25) is 4.79 Å². The number of ketones is 1. The molecule has 1 aliphatic heterocycles. The van der Waals surface area contributed by atoms with Crippen molar-refractivity contribution in [2.45, 2.75) is 44.6 Å². The zero-order valence-corrected chi connectivity index (χ0v) is 15.2. The van der Waals surface area contributed by atoms with Crippen molar-refractivity contribution in [3.8, 4) is 0 Å². The Balaban J connectivity index is 1.69. The van der Waals surface area contributed by atoms with E-state index in [1.807, 2.05) is 6.07 Å². The molecule has 1 heterocycles. The summed E-state index contributed by atoms with van der Waals surface area (Å²) in [6, 6.07) is 8.32. The van der Waals surface area contributed by atoms with Gasteiger partial charge in [0.05, 0.1) is 0 Å². The largest absolute Gasteiger partial charge is 0.489 e. The van der Waals surface area contributed by atoms with E-state index in [9.17, 15) is 4.79 Å². The van der Waals surface area contributed by atoms with Crippen LogP contribution in [-0.2, 0) is 9.53 Å². The average molecular weight is 385 g/mol. The van der Waals surface area contributed by atoms with Crippen LogP contribution in [0.15, 0.2) is 46.0 Å². The molecule has 0 saturated heterocycles. The van der Waals surface area contributed by atoms with Crippen LogP contribution in [0.3, 0.4) is 0 Å². The lowest BCUT2D eigenvalue weighted by Gasteiger charge is -2.43. The van der Waals surface area contributed by atoms with Crippen LogP contribution in [-0.4, -0.2) is 11.9 Å². The summed E-state index contributed by atoms with van der Waals surface area (Å²) in [5.74, 6) is 2.58. The van der Waals surface area contributed by atoms with Gasteiger partial charge in [0.25, 0.3) is 0 Å². The molecule has 2 nitrogen and oxygen atoms in total. The lowest BCUT2D eigenvalue weighted by Crippen LogP contribution is -2.42.